The van der Waals surface area contributed by atoms with Gasteiger partial charge in [-0.15, -0.1) is 0 Å². The molecule has 170 valence electrons. The third-order valence-corrected chi connectivity index (χ3v) is 6.43. The third-order valence-electron chi connectivity index (χ3n) is 6.43. The van der Waals surface area contributed by atoms with Gasteiger partial charge in [0.25, 0.3) is 0 Å². The van der Waals surface area contributed by atoms with Gasteiger partial charge in [0.05, 0.1) is 0 Å². The van der Waals surface area contributed by atoms with Gasteiger partial charge in [-0.05, 0) is 72.0 Å². The normalized spacial score (nSPS) is 18.4. The molecule has 3 aromatic carbocycles. The van der Waals surface area contributed by atoms with Crippen molar-refractivity contribution in [2.75, 3.05) is 26.2 Å². The second-order valence-electron chi connectivity index (χ2n) is 9.05. The zero-order valence-corrected chi connectivity index (χ0v) is 19.0. The Morgan fingerprint density at radius 1 is 0.970 bits per heavy atom. The summed E-state index contributed by atoms with van der Waals surface area (Å²) < 4.78 is 12.4. The zero-order chi connectivity index (χ0) is 22.9. The molecule has 1 saturated heterocycles. The molecule has 1 fully saturated rings. The number of likely N-dealkylation sites (tertiary alicyclic amines) is 1. The average molecular weight is 444 g/mol. The van der Waals surface area contributed by atoms with Crippen molar-refractivity contribution in [1.82, 2.24) is 4.90 Å². The van der Waals surface area contributed by atoms with E-state index < -0.39 is 0 Å². The maximum absolute atomic E-state index is 10.1. The summed E-state index contributed by atoms with van der Waals surface area (Å²) in [5.74, 6) is 2.76. The second-order valence-corrected chi connectivity index (χ2v) is 9.05. The SMILES string of the molecule is CC1=C(c2cccc(O)c2)[C@H](c2ccc(OCCN3CC(C)C3)cc2)Oc2ccc(O)cc21. The molecule has 0 unspecified atom stereocenters. The smallest absolute Gasteiger partial charge is 0.150 e. The number of ether oxygens (including phenoxy) is 2. The number of rotatable bonds is 6. The molecule has 0 aliphatic carbocycles. The first-order valence-electron chi connectivity index (χ1n) is 11.4. The summed E-state index contributed by atoms with van der Waals surface area (Å²) in [6.45, 7) is 8.24. The molecule has 2 heterocycles. The Labute approximate surface area is 194 Å². The standard InChI is InChI=1S/C28H29NO4/c1-18-16-29(17-18)12-13-32-24-9-6-20(7-10-24)28-27(21-4-3-5-22(30)14-21)19(2)25-15-23(31)8-11-26(25)33-28/h3-11,14-15,18,28,30-31H,12-13,16-17H2,1-2H3/t28-/m0/s1. The average Bonchev–Trinajstić information content (AvgIpc) is 2.78. The Hall–Kier alpha value is -3.44. The van der Waals surface area contributed by atoms with E-state index in [0.717, 1.165) is 64.9 Å². The van der Waals surface area contributed by atoms with Crippen molar-refractivity contribution in [2.45, 2.75) is 20.0 Å². The molecule has 0 aromatic heterocycles. The van der Waals surface area contributed by atoms with Crippen molar-refractivity contribution in [2.24, 2.45) is 5.92 Å². The first kappa shape index (κ1) is 21.4. The lowest BCUT2D eigenvalue weighted by molar-refractivity contribution is 0.0932. The topological polar surface area (TPSA) is 62.2 Å². The first-order chi connectivity index (χ1) is 16.0. The van der Waals surface area contributed by atoms with Gasteiger partial charge in [0.15, 0.2) is 0 Å². The Morgan fingerprint density at radius 2 is 1.73 bits per heavy atom. The van der Waals surface area contributed by atoms with Crippen LogP contribution in [0.5, 0.6) is 23.0 Å². The monoisotopic (exact) mass is 443 g/mol. The number of hydrogen-bond donors (Lipinski definition) is 2. The van der Waals surface area contributed by atoms with Gasteiger partial charge in [-0.1, -0.05) is 31.2 Å². The van der Waals surface area contributed by atoms with Crippen LogP contribution in [0.4, 0.5) is 0 Å². The van der Waals surface area contributed by atoms with Crippen molar-refractivity contribution in [3.8, 4) is 23.0 Å². The van der Waals surface area contributed by atoms with Gasteiger partial charge in [0.1, 0.15) is 35.7 Å². The van der Waals surface area contributed by atoms with Gasteiger partial charge in [0, 0.05) is 30.8 Å². The van der Waals surface area contributed by atoms with E-state index in [0.29, 0.717) is 6.61 Å². The van der Waals surface area contributed by atoms with Gasteiger partial charge >= 0.3 is 0 Å². The predicted molar refractivity (Wildman–Crippen MR) is 130 cm³/mol. The van der Waals surface area contributed by atoms with Crippen molar-refractivity contribution in [3.63, 3.8) is 0 Å². The number of nitrogens with zero attached hydrogens (tertiary/aromatic N) is 1. The van der Waals surface area contributed by atoms with Gasteiger partial charge in [-0.2, -0.15) is 0 Å². The summed E-state index contributed by atoms with van der Waals surface area (Å²) in [6, 6.07) is 20.4. The quantitative estimate of drug-likeness (QED) is 0.527. The molecule has 2 aliphatic heterocycles. The third kappa shape index (κ3) is 4.41. The molecule has 5 rings (SSSR count). The van der Waals surface area contributed by atoms with Crippen LogP contribution in [0.1, 0.15) is 36.6 Å². The van der Waals surface area contributed by atoms with Crippen LogP contribution in [0.2, 0.25) is 0 Å². The lowest BCUT2D eigenvalue weighted by atomic mass is 9.86. The van der Waals surface area contributed by atoms with Gasteiger partial charge in [0.2, 0.25) is 0 Å². The number of aromatic hydroxyl groups is 2. The van der Waals surface area contributed by atoms with Crippen LogP contribution < -0.4 is 9.47 Å². The van der Waals surface area contributed by atoms with Crippen molar-refractivity contribution >= 4 is 11.1 Å². The summed E-state index contributed by atoms with van der Waals surface area (Å²) in [7, 11) is 0. The Balaban J connectivity index is 1.42. The van der Waals surface area contributed by atoms with E-state index in [1.807, 2.05) is 43.3 Å². The number of phenols is 2. The molecule has 2 N–H and O–H groups in total. The van der Waals surface area contributed by atoms with Gasteiger partial charge < -0.3 is 19.7 Å². The van der Waals surface area contributed by atoms with Crippen LogP contribution in [0.25, 0.3) is 11.1 Å². The van der Waals surface area contributed by atoms with E-state index in [2.05, 4.69) is 11.8 Å². The van der Waals surface area contributed by atoms with Crippen LogP contribution in [-0.2, 0) is 0 Å². The van der Waals surface area contributed by atoms with E-state index in [4.69, 9.17) is 9.47 Å². The molecule has 2 aliphatic rings. The van der Waals surface area contributed by atoms with Crippen molar-refractivity contribution < 1.29 is 19.7 Å². The molecule has 0 saturated carbocycles. The minimum atomic E-state index is -0.347. The molecule has 1 atom stereocenters. The molecular weight excluding hydrogens is 414 g/mol. The molecular formula is C28H29NO4. The molecule has 33 heavy (non-hydrogen) atoms. The van der Waals surface area contributed by atoms with Gasteiger partial charge in [-0.25, -0.2) is 0 Å². The van der Waals surface area contributed by atoms with E-state index in [1.54, 1.807) is 30.3 Å². The van der Waals surface area contributed by atoms with Crippen molar-refractivity contribution in [1.29, 1.82) is 0 Å². The number of phenolic OH excluding ortho intramolecular Hbond substituents is 2. The molecule has 5 nitrogen and oxygen atoms in total. The number of hydrogen-bond acceptors (Lipinski definition) is 5. The molecule has 0 spiro atoms. The minimum absolute atomic E-state index is 0.194. The second kappa shape index (κ2) is 8.83. The summed E-state index contributed by atoms with van der Waals surface area (Å²) in [4.78, 5) is 2.40. The predicted octanol–water partition coefficient (Wildman–Crippen LogP) is 5.49. The van der Waals surface area contributed by atoms with Crippen LogP contribution in [0.15, 0.2) is 66.7 Å². The highest BCUT2D eigenvalue weighted by atomic mass is 16.5. The molecule has 5 heteroatoms. The molecule has 0 bridgehead atoms. The fourth-order valence-corrected chi connectivity index (χ4v) is 4.76. The van der Waals surface area contributed by atoms with Gasteiger partial charge in [-0.3, -0.25) is 4.90 Å². The van der Waals surface area contributed by atoms with E-state index in [9.17, 15) is 10.2 Å². The summed E-state index contributed by atoms with van der Waals surface area (Å²) >= 11 is 0. The van der Waals surface area contributed by atoms with E-state index >= 15 is 0 Å². The zero-order valence-electron chi connectivity index (χ0n) is 19.0. The largest absolute Gasteiger partial charge is 0.508 e. The summed E-state index contributed by atoms with van der Waals surface area (Å²) in [6.07, 6.45) is -0.347. The number of allylic oxidation sites excluding steroid dienone is 1. The lowest BCUT2D eigenvalue weighted by Gasteiger charge is -2.36. The minimum Gasteiger partial charge on any atom is -0.508 e. The number of fused-ring (bicyclic) bond motifs is 1. The maximum Gasteiger partial charge on any atom is 0.150 e. The fourth-order valence-electron chi connectivity index (χ4n) is 4.76. The maximum atomic E-state index is 10.1. The van der Waals surface area contributed by atoms with Crippen LogP contribution >= 0.6 is 0 Å². The molecule has 0 amide bonds. The molecule has 0 radical (unpaired) electrons. The molecule has 3 aromatic rings. The van der Waals surface area contributed by atoms with Crippen LogP contribution in [-0.4, -0.2) is 41.4 Å². The highest BCUT2D eigenvalue weighted by molar-refractivity contribution is 5.95. The summed E-state index contributed by atoms with van der Waals surface area (Å²) in [5.41, 5.74) is 4.70. The van der Waals surface area contributed by atoms with E-state index in [1.165, 1.54) is 0 Å². The lowest BCUT2D eigenvalue weighted by Crippen LogP contribution is -2.46. The highest BCUT2D eigenvalue weighted by Crippen LogP contribution is 2.47. The first-order valence-corrected chi connectivity index (χ1v) is 11.4. The highest BCUT2D eigenvalue weighted by Gasteiger charge is 2.29. The summed E-state index contributed by atoms with van der Waals surface area (Å²) in [5, 5.41) is 20.1. The Bertz CT molecular complexity index is 1180. The fraction of sp³-hybridized carbons (Fsp3) is 0.286. The Kier molecular flexibility index (Phi) is 5.73. The van der Waals surface area contributed by atoms with Crippen LogP contribution in [0, 0.1) is 5.92 Å². The van der Waals surface area contributed by atoms with E-state index in [-0.39, 0.29) is 17.6 Å². The van der Waals surface area contributed by atoms with Crippen LogP contribution in [0.3, 0.4) is 0 Å². The Morgan fingerprint density at radius 3 is 2.45 bits per heavy atom. The van der Waals surface area contributed by atoms with Crippen molar-refractivity contribution in [3.05, 3.63) is 83.4 Å². The number of benzene rings is 3.